The largest absolute Gasteiger partial charge is 0.272 e. The molecule has 27 heavy (non-hydrogen) atoms. The fourth-order valence-corrected chi connectivity index (χ4v) is 5.14. The number of carbonyl (C=O) groups excluding carboxylic acids is 1. The van der Waals surface area contributed by atoms with Crippen LogP contribution in [0.25, 0.3) is 0 Å². The molecule has 1 aliphatic heterocycles. The number of hydrogen-bond acceptors (Lipinski definition) is 5. The Kier molecular flexibility index (Phi) is 5.11. The van der Waals surface area contributed by atoms with E-state index in [-0.39, 0.29) is 17.9 Å². The zero-order valence-corrected chi connectivity index (χ0v) is 16.5. The first-order valence-electron chi connectivity index (χ1n) is 8.25. The topological polar surface area (TPSA) is 101 Å². The van der Waals surface area contributed by atoms with Crippen molar-refractivity contribution in [2.45, 2.75) is 30.8 Å². The molecular formula is C18H20N2O5S2. The third-order valence-corrected chi connectivity index (χ3v) is 6.86. The molecule has 0 aromatic heterocycles. The molecule has 2 aromatic carbocycles. The van der Waals surface area contributed by atoms with Crippen molar-refractivity contribution in [3.63, 3.8) is 0 Å². The number of benzene rings is 2. The maximum atomic E-state index is 13.2. The molecule has 7 nitrogen and oxygen atoms in total. The van der Waals surface area contributed by atoms with Gasteiger partial charge in [0.15, 0.2) is 0 Å². The number of rotatable bonds is 4. The molecule has 0 radical (unpaired) electrons. The van der Waals surface area contributed by atoms with E-state index < -0.39 is 32.0 Å². The summed E-state index contributed by atoms with van der Waals surface area (Å²) in [6.07, 6.45) is 0.961. The van der Waals surface area contributed by atoms with E-state index in [0.29, 0.717) is 0 Å². The van der Waals surface area contributed by atoms with Gasteiger partial charge < -0.3 is 0 Å². The van der Waals surface area contributed by atoms with Crippen LogP contribution in [-0.4, -0.2) is 39.3 Å². The van der Waals surface area contributed by atoms with Gasteiger partial charge in [0.1, 0.15) is 6.04 Å². The highest BCUT2D eigenvalue weighted by Crippen LogP contribution is 2.29. The highest BCUT2D eigenvalue weighted by molar-refractivity contribution is 7.89. The molecule has 0 bridgehead atoms. The van der Waals surface area contributed by atoms with Gasteiger partial charge in [0.25, 0.3) is 5.91 Å². The predicted octanol–water partition coefficient (Wildman–Crippen LogP) is 1.19. The van der Waals surface area contributed by atoms with Crippen molar-refractivity contribution < 1.29 is 21.6 Å². The molecule has 1 N–H and O–H groups in total. The lowest BCUT2D eigenvalue weighted by Gasteiger charge is -2.34. The number of nitrogens with zero attached hydrogens (tertiary/aromatic N) is 1. The highest BCUT2D eigenvalue weighted by atomic mass is 32.2. The van der Waals surface area contributed by atoms with Crippen LogP contribution in [-0.2, 0) is 37.8 Å². The van der Waals surface area contributed by atoms with Crippen LogP contribution in [0.15, 0.2) is 53.4 Å². The lowest BCUT2D eigenvalue weighted by atomic mass is 9.95. The fraction of sp³-hybridized carbons (Fsp3) is 0.278. The van der Waals surface area contributed by atoms with Crippen molar-refractivity contribution in [1.82, 2.24) is 9.03 Å². The average Bonchev–Trinajstić information content (AvgIpc) is 2.59. The van der Waals surface area contributed by atoms with Gasteiger partial charge in [-0.3, -0.25) is 9.52 Å². The van der Waals surface area contributed by atoms with Crippen LogP contribution >= 0.6 is 0 Å². The summed E-state index contributed by atoms with van der Waals surface area (Å²) in [4.78, 5) is 12.6. The lowest BCUT2D eigenvalue weighted by Crippen LogP contribution is -2.53. The van der Waals surface area contributed by atoms with Crippen LogP contribution in [0.2, 0.25) is 0 Å². The van der Waals surface area contributed by atoms with E-state index in [0.717, 1.165) is 27.3 Å². The first-order valence-corrected chi connectivity index (χ1v) is 11.6. The summed E-state index contributed by atoms with van der Waals surface area (Å²) in [6, 6.07) is 12.4. The number of amides is 1. The van der Waals surface area contributed by atoms with Gasteiger partial charge in [-0.25, -0.2) is 16.8 Å². The van der Waals surface area contributed by atoms with Crippen molar-refractivity contribution in [1.29, 1.82) is 0 Å². The van der Waals surface area contributed by atoms with Crippen LogP contribution in [0.4, 0.5) is 0 Å². The molecular weight excluding hydrogens is 388 g/mol. The van der Waals surface area contributed by atoms with E-state index in [1.54, 1.807) is 30.3 Å². The van der Waals surface area contributed by atoms with Gasteiger partial charge in [0, 0.05) is 6.54 Å². The molecule has 0 aliphatic carbocycles. The molecule has 0 spiro atoms. The Morgan fingerprint density at radius 1 is 1.00 bits per heavy atom. The van der Waals surface area contributed by atoms with Gasteiger partial charge in [-0.05, 0) is 36.6 Å². The Hall–Kier alpha value is -2.23. The van der Waals surface area contributed by atoms with Crippen LogP contribution in [0.3, 0.4) is 0 Å². The van der Waals surface area contributed by atoms with E-state index in [1.807, 2.05) is 17.7 Å². The fourth-order valence-electron chi connectivity index (χ4n) is 3.07. The lowest BCUT2D eigenvalue weighted by molar-refractivity contribution is -0.123. The molecule has 0 saturated carbocycles. The predicted molar refractivity (Wildman–Crippen MR) is 101 cm³/mol. The Bertz CT molecular complexity index is 1080. The second-order valence-electron chi connectivity index (χ2n) is 6.59. The van der Waals surface area contributed by atoms with E-state index in [4.69, 9.17) is 0 Å². The van der Waals surface area contributed by atoms with Crippen molar-refractivity contribution in [2.75, 3.05) is 6.26 Å². The summed E-state index contributed by atoms with van der Waals surface area (Å²) in [5, 5.41) is 0. The molecule has 1 heterocycles. The molecule has 1 atom stereocenters. The number of fused-ring (bicyclic) bond motifs is 1. The van der Waals surface area contributed by atoms with Crippen LogP contribution < -0.4 is 4.72 Å². The van der Waals surface area contributed by atoms with Crippen LogP contribution in [0.5, 0.6) is 0 Å². The molecule has 0 fully saturated rings. The number of sulfonamides is 2. The zero-order valence-electron chi connectivity index (χ0n) is 14.9. The summed E-state index contributed by atoms with van der Waals surface area (Å²) in [5.41, 5.74) is 2.52. The minimum Gasteiger partial charge on any atom is -0.272 e. The second-order valence-corrected chi connectivity index (χ2v) is 10.2. The first-order chi connectivity index (χ1) is 12.6. The van der Waals surface area contributed by atoms with E-state index in [1.165, 1.54) is 12.1 Å². The zero-order chi connectivity index (χ0) is 19.8. The second kappa shape index (κ2) is 7.06. The smallest absolute Gasteiger partial charge is 0.252 e. The Balaban J connectivity index is 2.06. The molecule has 3 rings (SSSR count). The number of nitrogens with one attached hydrogen (secondary N) is 1. The van der Waals surface area contributed by atoms with Gasteiger partial charge in [-0.2, -0.15) is 4.31 Å². The molecule has 1 aliphatic rings. The third kappa shape index (κ3) is 4.20. The van der Waals surface area contributed by atoms with E-state index in [2.05, 4.69) is 0 Å². The quantitative estimate of drug-likeness (QED) is 0.819. The summed E-state index contributed by atoms with van der Waals surface area (Å²) >= 11 is 0. The van der Waals surface area contributed by atoms with Gasteiger partial charge in [0.05, 0.1) is 11.2 Å². The van der Waals surface area contributed by atoms with Gasteiger partial charge in [-0.1, -0.05) is 42.0 Å². The van der Waals surface area contributed by atoms with Crippen LogP contribution in [0, 0.1) is 6.92 Å². The molecule has 1 unspecified atom stereocenters. The minimum absolute atomic E-state index is 0.00572. The molecule has 0 saturated heterocycles. The SMILES string of the molecule is Cc1ccc(S(=O)(=O)N2Cc3ccccc3CC2C(=O)NS(C)(=O)=O)cc1. The molecule has 1 amide bonds. The van der Waals surface area contributed by atoms with Crippen LogP contribution in [0.1, 0.15) is 16.7 Å². The van der Waals surface area contributed by atoms with Crippen molar-refractivity contribution in [3.05, 3.63) is 65.2 Å². The summed E-state index contributed by atoms with van der Waals surface area (Å²) in [5.74, 6) is -0.859. The molecule has 2 aromatic rings. The number of aryl methyl sites for hydroxylation is 1. The van der Waals surface area contributed by atoms with E-state index >= 15 is 0 Å². The average molecular weight is 409 g/mol. The van der Waals surface area contributed by atoms with Crippen molar-refractivity contribution in [3.8, 4) is 0 Å². The monoisotopic (exact) mass is 408 g/mol. The standard InChI is InChI=1S/C18H20N2O5S2/c1-13-7-9-16(10-8-13)27(24,25)20-12-15-6-4-3-5-14(15)11-17(20)18(21)19-26(2,22)23/h3-10,17H,11-12H2,1-2H3,(H,19,21). The first kappa shape index (κ1) is 19.5. The van der Waals surface area contributed by atoms with Gasteiger partial charge in [-0.15, -0.1) is 0 Å². The van der Waals surface area contributed by atoms with E-state index in [9.17, 15) is 21.6 Å². The number of carbonyl (C=O) groups is 1. The maximum Gasteiger partial charge on any atom is 0.252 e. The Morgan fingerprint density at radius 3 is 2.19 bits per heavy atom. The minimum atomic E-state index is -3.99. The normalized spacial score (nSPS) is 17.9. The van der Waals surface area contributed by atoms with Crippen molar-refractivity contribution >= 4 is 26.0 Å². The van der Waals surface area contributed by atoms with Gasteiger partial charge in [0.2, 0.25) is 20.0 Å². The Labute approximate surface area is 159 Å². The molecule has 9 heteroatoms. The third-order valence-electron chi connectivity index (χ3n) is 4.42. The summed E-state index contributed by atoms with van der Waals surface area (Å²) < 4.78 is 52.3. The number of hydrogen-bond donors (Lipinski definition) is 1. The Morgan fingerprint density at radius 2 is 1.59 bits per heavy atom. The highest BCUT2D eigenvalue weighted by Gasteiger charge is 2.40. The van der Waals surface area contributed by atoms with Gasteiger partial charge >= 0.3 is 0 Å². The maximum absolute atomic E-state index is 13.2. The molecule has 144 valence electrons. The summed E-state index contributed by atoms with van der Waals surface area (Å²) in [7, 11) is -7.80. The summed E-state index contributed by atoms with van der Waals surface area (Å²) in [6.45, 7) is 1.84. The van der Waals surface area contributed by atoms with Crippen molar-refractivity contribution in [2.24, 2.45) is 0 Å².